The fourth-order valence-corrected chi connectivity index (χ4v) is 5.20. The molecule has 0 spiro atoms. The molecule has 16 nitrogen and oxygen atoms in total. The molecule has 2 aliphatic heterocycles. The molecule has 19 heteroatoms. The van der Waals surface area contributed by atoms with E-state index >= 15 is 0 Å². The Morgan fingerprint density at radius 2 is 1.40 bits per heavy atom. The zero-order chi connectivity index (χ0) is 34.2. The van der Waals surface area contributed by atoms with E-state index in [0.29, 0.717) is 29.8 Å². The van der Waals surface area contributed by atoms with Crippen LogP contribution in [-0.4, -0.2) is 69.0 Å². The number of para-hydroxylation sites is 2. The Morgan fingerprint density at radius 3 is 2.02 bits per heavy atom. The Hall–Kier alpha value is -5.19. The average molecular weight is 706 g/mol. The number of rotatable bonds is 5. The van der Waals surface area contributed by atoms with Crippen molar-refractivity contribution in [3.8, 4) is 0 Å². The SMILES string of the molecule is COC(=O)c1cccc2c1N(c1nc(Cl)ncc1[N+](=O)[O-])CC2.COC(=O)c1cccc2c1NCC2.O=[N+]([O-])c1cnc(Cl)nc1Cl. The number of nitrogens with one attached hydrogen (secondary N) is 1. The highest BCUT2D eigenvalue weighted by molar-refractivity contribution is 6.33. The molecular formula is C28H23Cl3N8O8. The summed E-state index contributed by atoms with van der Waals surface area (Å²) in [6.07, 6.45) is 3.63. The predicted molar refractivity (Wildman–Crippen MR) is 171 cm³/mol. The van der Waals surface area contributed by atoms with Crippen molar-refractivity contribution in [2.75, 3.05) is 37.5 Å². The van der Waals surface area contributed by atoms with Crippen LogP contribution in [-0.2, 0) is 22.3 Å². The molecule has 2 aromatic heterocycles. The van der Waals surface area contributed by atoms with E-state index in [4.69, 9.17) is 39.5 Å². The predicted octanol–water partition coefficient (Wildman–Crippen LogP) is 5.65. The second-order valence-electron chi connectivity index (χ2n) is 9.39. The summed E-state index contributed by atoms with van der Waals surface area (Å²) in [4.78, 5) is 59.4. The van der Waals surface area contributed by atoms with E-state index in [2.05, 4.69) is 30.0 Å². The van der Waals surface area contributed by atoms with Gasteiger partial charge in [0.05, 0.1) is 46.6 Å². The maximum absolute atomic E-state index is 12.0. The van der Waals surface area contributed by atoms with Gasteiger partial charge in [-0.2, -0.15) is 9.97 Å². The van der Waals surface area contributed by atoms with Crippen LogP contribution in [0.5, 0.6) is 0 Å². The number of fused-ring (bicyclic) bond motifs is 2. The quantitative estimate of drug-likeness (QED) is 0.0876. The Labute approximate surface area is 280 Å². The number of hydrogen-bond donors (Lipinski definition) is 1. The number of aromatic nitrogens is 4. The summed E-state index contributed by atoms with van der Waals surface area (Å²) in [6.45, 7) is 1.35. The summed E-state index contributed by atoms with van der Waals surface area (Å²) in [7, 11) is 2.68. The number of halogens is 3. The summed E-state index contributed by atoms with van der Waals surface area (Å²) in [5.74, 6) is -0.729. The minimum atomic E-state index is -0.682. The van der Waals surface area contributed by atoms with Crippen LogP contribution in [0.1, 0.15) is 31.8 Å². The van der Waals surface area contributed by atoms with Crippen molar-refractivity contribution < 1.29 is 28.9 Å². The molecule has 47 heavy (non-hydrogen) atoms. The van der Waals surface area contributed by atoms with Gasteiger partial charge in [-0.3, -0.25) is 20.2 Å². The Bertz CT molecular complexity index is 1860. The summed E-state index contributed by atoms with van der Waals surface area (Å²) in [5, 5.41) is 24.1. The van der Waals surface area contributed by atoms with Gasteiger partial charge in [0.25, 0.3) is 0 Å². The van der Waals surface area contributed by atoms with Crippen molar-refractivity contribution >= 4 is 75.3 Å². The van der Waals surface area contributed by atoms with Crippen molar-refractivity contribution in [2.45, 2.75) is 12.8 Å². The molecule has 2 aromatic carbocycles. The Balaban J connectivity index is 0.000000176. The number of carbonyl (C=O) groups excluding carboxylic acids is 2. The number of anilines is 3. The highest BCUT2D eigenvalue weighted by Gasteiger charge is 2.32. The summed E-state index contributed by atoms with van der Waals surface area (Å²) < 4.78 is 9.47. The van der Waals surface area contributed by atoms with Crippen molar-refractivity contribution in [3.05, 3.63) is 107 Å². The standard InChI is InChI=1S/C14H11ClN4O4.C10H11NO2.C4HCl2N3O2/c1-23-13(20)9-4-2-3-8-5-6-18(11(8)9)12-10(19(21)22)7-16-14(15)17-12;1-13-10(12)8-4-2-3-7-5-6-11-9(7)8;5-3-2(9(10)11)1-7-4(6)8-3/h2-4,7H,5-6H2,1H3;2-4,11H,5-6H2,1H3;1H. The van der Waals surface area contributed by atoms with Gasteiger partial charge in [-0.25, -0.2) is 19.6 Å². The van der Waals surface area contributed by atoms with Gasteiger partial charge in [0.2, 0.25) is 21.5 Å². The van der Waals surface area contributed by atoms with Crippen molar-refractivity contribution in [1.82, 2.24) is 19.9 Å². The normalized spacial score (nSPS) is 12.2. The molecule has 4 heterocycles. The van der Waals surface area contributed by atoms with Crippen LogP contribution < -0.4 is 10.2 Å². The molecule has 6 rings (SSSR count). The lowest BCUT2D eigenvalue weighted by Gasteiger charge is -2.20. The van der Waals surface area contributed by atoms with E-state index < -0.39 is 15.8 Å². The first-order valence-corrected chi connectivity index (χ1v) is 14.5. The zero-order valence-electron chi connectivity index (χ0n) is 24.5. The maximum atomic E-state index is 12.0. The third-order valence-electron chi connectivity index (χ3n) is 6.72. The van der Waals surface area contributed by atoms with Gasteiger partial charge < -0.3 is 19.7 Å². The lowest BCUT2D eigenvalue weighted by atomic mass is 10.1. The fraction of sp³-hybridized carbons (Fsp3) is 0.214. The van der Waals surface area contributed by atoms with E-state index in [0.717, 1.165) is 36.6 Å². The molecule has 0 amide bonds. The fourth-order valence-electron chi connectivity index (χ4n) is 4.69. The average Bonchev–Trinajstić information content (AvgIpc) is 3.72. The van der Waals surface area contributed by atoms with Crippen LogP contribution in [0.4, 0.5) is 28.6 Å². The molecule has 0 saturated carbocycles. The number of hydrogen-bond acceptors (Lipinski definition) is 14. The molecule has 0 radical (unpaired) electrons. The molecule has 0 atom stereocenters. The van der Waals surface area contributed by atoms with Gasteiger partial charge in [-0.05, 0) is 59.3 Å². The Kier molecular flexibility index (Phi) is 11.4. The first kappa shape index (κ1) is 34.7. The molecule has 0 saturated heterocycles. The van der Waals surface area contributed by atoms with Gasteiger partial charge in [0.15, 0.2) is 0 Å². The molecule has 2 aliphatic rings. The number of nitrogens with zero attached hydrogens (tertiary/aromatic N) is 7. The van der Waals surface area contributed by atoms with Crippen LogP contribution in [0.3, 0.4) is 0 Å². The molecule has 4 aromatic rings. The molecule has 0 fully saturated rings. The van der Waals surface area contributed by atoms with Crippen LogP contribution in [0, 0.1) is 20.2 Å². The van der Waals surface area contributed by atoms with Crippen LogP contribution in [0.25, 0.3) is 0 Å². The maximum Gasteiger partial charge on any atom is 0.339 e. The molecular weight excluding hydrogens is 683 g/mol. The monoisotopic (exact) mass is 704 g/mol. The van der Waals surface area contributed by atoms with Crippen LogP contribution in [0.15, 0.2) is 48.8 Å². The minimum Gasteiger partial charge on any atom is -0.465 e. The molecule has 244 valence electrons. The topological polar surface area (TPSA) is 206 Å². The number of nitro groups is 2. The van der Waals surface area contributed by atoms with Crippen molar-refractivity contribution in [3.63, 3.8) is 0 Å². The highest BCUT2D eigenvalue weighted by Crippen LogP contribution is 2.40. The lowest BCUT2D eigenvalue weighted by molar-refractivity contribution is -0.385. The molecule has 0 aliphatic carbocycles. The Morgan fingerprint density at radius 1 is 0.830 bits per heavy atom. The van der Waals surface area contributed by atoms with Crippen LogP contribution in [0.2, 0.25) is 15.7 Å². The highest BCUT2D eigenvalue weighted by atomic mass is 35.5. The number of ether oxygens (including phenoxy) is 2. The first-order valence-electron chi connectivity index (χ1n) is 13.4. The third-order valence-corrected chi connectivity index (χ3v) is 7.36. The van der Waals surface area contributed by atoms with E-state index in [9.17, 15) is 29.8 Å². The summed E-state index contributed by atoms with van der Waals surface area (Å²) in [5.41, 5.74) is 3.91. The second-order valence-corrected chi connectivity index (χ2v) is 10.4. The number of carbonyl (C=O) groups is 2. The summed E-state index contributed by atoms with van der Waals surface area (Å²) >= 11 is 16.4. The second kappa shape index (κ2) is 15.4. The number of esters is 2. The van der Waals surface area contributed by atoms with Gasteiger partial charge in [0, 0.05) is 13.1 Å². The van der Waals surface area contributed by atoms with Gasteiger partial charge >= 0.3 is 23.3 Å². The number of benzene rings is 2. The zero-order valence-corrected chi connectivity index (χ0v) is 26.7. The lowest BCUT2D eigenvalue weighted by Crippen LogP contribution is -2.19. The van der Waals surface area contributed by atoms with E-state index in [1.807, 2.05) is 18.2 Å². The summed E-state index contributed by atoms with van der Waals surface area (Å²) in [6, 6.07) is 10.9. The van der Waals surface area contributed by atoms with Gasteiger partial charge in [-0.15, -0.1) is 0 Å². The van der Waals surface area contributed by atoms with E-state index in [-0.39, 0.29) is 38.9 Å². The molecule has 0 bridgehead atoms. The largest absolute Gasteiger partial charge is 0.465 e. The van der Waals surface area contributed by atoms with E-state index in [1.54, 1.807) is 23.1 Å². The smallest absolute Gasteiger partial charge is 0.339 e. The van der Waals surface area contributed by atoms with Crippen molar-refractivity contribution in [2.24, 2.45) is 0 Å². The van der Waals surface area contributed by atoms with Crippen LogP contribution >= 0.6 is 34.8 Å². The minimum absolute atomic E-state index is 0.0603. The molecule has 0 unspecified atom stereocenters. The van der Waals surface area contributed by atoms with Crippen molar-refractivity contribution in [1.29, 1.82) is 0 Å². The van der Waals surface area contributed by atoms with E-state index in [1.165, 1.54) is 19.8 Å². The number of methoxy groups -OCH3 is 2. The first-order chi connectivity index (χ1) is 22.5. The third kappa shape index (κ3) is 7.97. The molecule has 1 N–H and O–H groups in total. The van der Waals surface area contributed by atoms with Gasteiger partial charge in [0.1, 0.15) is 12.4 Å². The van der Waals surface area contributed by atoms with Gasteiger partial charge in [-0.1, -0.05) is 35.9 Å².